The second kappa shape index (κ2) is 7.17. The van der Waals surface area contributed by atoms with Crippen LogP contribution in [0.3, 0.4) is 0 Å². The smallest absolute Gasteiger partial charge is 0.274 e. The molecule has 7 nitrogen and oxygen atoms in total. The van der Waals surface area contributed by atoms with Gasteiger partial charge in [-0.1, -0.05) is 6.07 Å². The number of nitrogens with zero attached hydrogens (tertiary/aromatic N) is 4. The maximum atomic E-state index is 12.6. The Balaban J connectivity index is 1.39. The zero-order valence-corrected chi connectivity index (χ0v) is 15.3. The molecular formula is C19H25N5O2. The third-order valence-corrected chi connectivity index (χ3v) is 5.57. The highest BCUT2D eigenvalue weighted by Crippen LogP contribution is 2.39. The Bertz CT molecular complexity index is 754. The van der Waals surface area contributed by atoms with Crippen LogP contribution in [-0.4, -0.2) is 69.8 Å². The van der Waals surface area contributed by atoms with Gasteiger partial charge in [-0.2, -0.15) is 5.10 Å². The zero-order chi connectivity index (χ0) is 18.1. The van der Waals surface area contributed by atoms with Gasteiger partial charge in [0.25, 0.3) is 5.91 Å². The van der Waals surface area contributed by atoms with Crippen molar-refractivity contribution < 1.29 is 9.53 Å². The highest BCUT2D eigenvalue weighted by Gasteiger charge is 2.44. The topological polar surface area (TPSA) is 74.3 Å². The van der Waals surface area contributed by atoms with Crippen LogP contribution in [0, 0.1) is 6.92 Å². The van der Waals surface area contributed by atoms with Crippen molar-refractivity contribution in [3.05, 3.63) is 47.5 Å². The molecule has 4 heterocycles. The molecule has 0 spiro atoms. The number of pyridine rings is 1. The number of rotatable bonds is 4. The van der Waals surface area contributed by atoms with Gasteiger partial charge in [0.2, 0.25) is 0 Å². The summed E-state index contributed by atoms with van der Waals surface area (Å²) < 4.78 is 5.65. The number of aromatic amines is 1. The molecule has 26 heavy (non-hydrogen) atoms. The van der Waals surface area contributed by atoms with E-state index >= 15 is 0 Å². The molecule has 0 bridgehead atoms. The lowest BCUT2D eigenvalue weighted by molar-refractivity contribution is -0.115. The monoisotopic (exact) mass is 355 g/mol. The van der Waals surface area contributed by atoms with Gasteiger partial charge in [-0.05, 0) is 37.5 Å². The molecule has 1 N–H and O–H groups in total. The van der Waals surface area contributed by atoms with Gasteiger partial charge in [-0.25, -0.2) is 0 Å². The maximum Gasteiger partial charge on any atom is 0.274 e. The Morgan fingerprint density at radius 3 is 2.77 bits per heavy atom. The summed E-state index contributed by atoms with van der Waals surface area (Å²) in [5, 5.41) is 6.94. The van der Waals surface area contributed by atoms with Crippen molar-refractivity contribution in [2.24, 2.45) is 0 Å². The quantitative estimate of drug-likeness (QED) is 0.905. The SMILES string of the molecule is CO[C@H]1CN(C2CCN(C(=O)c3cc(C)[nH]n3)CC2)[C@H]1c1cccnc1. The zero-order valence-electron chi connectivity index (χ0n) is 15.3. The Morgan fingerprint density at radius 2 is 2.15 bits per heavy atom. The summed E-state index contributed by atoms with van der Waals surface area (Å²) in [4.78, 5) is 21.2. The van der Waals surface area contributed by atoms with Gasteiger partial charge in [0.1, 0.15) is 5.69 Å². The second-order valence-corrected chi connectivity index (χ2v) is 7.16. The van der Waals surface area contributed by atoms with Crippen LogP contribution in [0.25, 0.3) is 0 Å². The van der Waals surface area contributed by atoms with Gasteiger partial charge in [0, 0.05) is 50.9 Å². The van der Waals surface area contributed by atoms with Crippen molar-refractivity contribution in [1.82, 2.24) is 25.0 Å². The van der Waals surface area contributed by atoms with Crippen LogP contribution < -0.4 is 0 Å². The van der Waals surface area contributed by atoms with E-state index in [0.717, 1.165) is 38.2 Å². The molecular weight excluding hydrogens is 330 g/mol. The number of hydrogen-bond acceptors (Lipinski definition) is 5. The van der Waals surface area contributed by atoms with E-state index in [9.17, 15) is 4.79 Å². The number of nitrogens with one attached hydrogen (secondary N) is 1. The number of amides is 1. The number of carbonyl (C=O) groups excluding carboxylic acids is 1. The molecule has 0 unspecified atom stereocenters. The number of methoxy groups -OCH3 is 1. The summed E-state index contributed by atoms with van der Waals surface area (Å²) >= 11 is 0. The van der Waals surface area contributed by atoms with Gasteiger partial charge in [-0.3, -0.25) is 19.8 Å². The van der Waals surface area contributed by atoms with E-state index in [4.69, 9.17) is 4.74 Å². The van der Waals surface area contributed by atoms with E-state index in [-0.39, 0.29) is 18.1 Å². The Kier molecular flexibility index (Phi) is 4.74. The van der Waals surface area contributed by atoms with Crippen LogP contribution >= 0.6 is 0 Å². The lowest BCUT2D eigenvalue weighted by Gasteiger charge is -2.52. The first kappa shape index (κ1) is 17.2. The highest BCUT2D eigenvalue weighted by molar-refractivity contribution is 5.92. The van der Waals surface area contributed by atoms with Gasteiger partial charge >= 0.3 is 0 Å². The van der Waals surface area contributed by atoms with E-state index in [0.29, 0.717) is 11.7 Å². The number of aryl methyl sites for hydroxylation is 1. The average Bonchev–Trinajstić information content (AvgIpc) is 3.08. The van der Waals surface area contributed by atoms with Crippen molar-refractivity contribution in [1.29, 1.82) is 0 Å². The first-order valence-electron chi connectivity index (χ1n) is 9.17. The molecule has 2 fully saturated rings. The summed E-state index contributed by atoms with van der Waals surface area (Å²) in [5.74, 6) is 0.0231. The van der Waals surface area contributed by atoms with Gasteiger partial charge in [0.05, 0.1) is 12.1 Å². The minimum Gasteiger partial charge on any atom is -0.378 e. The third-order valence-electron chi connectivity index (χ3n) is 5.57. The number of likely N-dealkylation sites (tertiary alicyclic amines) is 2. The molecule has 2 saturated heterocycles. The first-order chi connectivity index (χ1) is 12.7. The van der Waals surface area contributed by atoms with E-state index < -0.39 is 0 Å². The fourth-order valence-corrected chi connectivity index (χ4v) is 4.12. The van der Waals surface area contributed by atoms with Crippen LogP contribution in [0.15, 0.2) is 30.6 Å². The van der Waals surface area contributed by atoms with E-state index in [1.165, 1.54) is 5.56 Å². The molecule has 1 amide bonds. The van der Waals surface area contributed by atoms with Crippen molar-refractivity contribution in [3.8, 4) is 0 Å². The fourth-order valence-electron chi connectivity index (χ4n) is 4.12. The van der Waals surface area contributed by atoms with E-state index in [1.807, 2.05) is 30.2 Å². The van der Waals surface area contributed by atoms with Crippen LogP contribution in [0.2, 0.25) is 0 Å². The lowest BCUT2D eigenvalue weighted by Crippen LogP contribution is -2.60. The molecule has 7 heteroatoms. The summed E-state index contributed by atoms with van der Waals surface area (Å²) in [5.41, 5.74) is 2.63. The summed E-state index contributed by atoms with van der Waals surface area (Å²) in [6, 6.07) is 6.64. The molecule has 0 radical (unpaired) electrons. The van der Waals surface area contributed by atoms with Crippen LogP contribution in [0.5, 0.6) is 0 Å². The van der Waals surface area contributed by atoms with Crippen LogP contribution in [0.4, 0.5) is 0 Å². The molecule has 0 aliphatic carbocycles. The van der Waals surface area contributed by atoms with Crippen LogP contribution in [-0.2, 0) is 4.74 Å². The normalized spacial score (nSPS) is 24.5. The largest absolute Gasteiger partial charge is 0.378 e. The summed E-state index contributed by atoms with van der Waals surface area (Å²) in [6.45, 7) is 4.38. The third kappa shape index (κ3) is 3.12. The number of ether oxygens (including phenoxy) is 1. The molecule has 2 atom stereocenters. The number of piperidine rings is 1. The molecule has 2 aromatic heterocycles. The highest BCUT2D eigenvalue weighted by atomic mass is 16.5. The van der Waals surface area contributed by atoms with Gasteiger partial charge in [0.15, 0.2) is 0 Å². The minimum absolute atomic E-state index is 0.0231. The molecule has 138 valence electrons. The molecule has 2 aliphatic rings. The number of aromatic nitrogens is 3. The summed E-state index contributed by atoms with van der Waals surface area (Å²) in [7, 11) is 1.78. The predicted octanol–water partition coefficient (Wildman–Crippen LogP) is 1.79. The van der Waals surface area contributed by atoms with E-state index in [1.54, 1.807) is 13.3 Å². The minimum atomic E-state index is 0.0231. The second-order valence-electron chi connectivity index (χ2n) is 7.16. The molecule has 0 aromatic carbocycles. The summed E-state index contributed by atoms with van der Waals surface area (Å²) in [6.07, 6.45) is 5.90. The van der Waals surface area contributed by atoms with Crippen molar-refractivity contribution >= 4 is 5.91 Å². The van der Waals surface area contributed by atoms with Crippen LogP contribution in [0.1, 0.15) is 40.6 Å². The molecule has 2 aromatic rings. The lowest BCUT2D eigenvalue weighted by atomic mass is 9.87. The van der Waals surface area contributed by atoms with Crippen molar-refractivity contribution in [3.63, 3.8) is 0 Å². The molecule has 2 aliphatic heterocycles. The fraction of sp³-hybridized carbons (Fsp3) is 0.526. The van der Waals surface area contributed by atoms with Crippen molar-refractivity contribution in [2.75, 3.05) is 26.7 Å². The standard InChI is InChI=1S/C19H25N5O2/c1-13-10-16(22-21-13)19(25)23-8-5-15(6-9-23)24-12-17(26-2)18(24)14-4-3-7-20-11-14/h3-4,7,10-11,15,17-18H,5-6,8-9,12H2,1-2H3,(H,21,22)/t17-,18-/m0/s1. The number of carbonyl (C=O) groups is 1. The predicted molar refractivity (Wildman–Crippen MR) is 96.7 cm³/mol. The first-order valence-corrected chi connectivity index (χ1v) is 9.17. The Hall–Kier alpha value is -2.25. The van der Waals surface area contributed by atoms with Gasteiger partial charge < -0.3 is 9.64 Å². The van der Waals surface area contributed by atoms with Crippen molar-refractivity contribution in [2.45, 2.75) is 38.0 Å². The number of hydrogen-bond donors (Lipinski definition) is 1. The molecule has 4 rings (SSSR count). The number of H-pyrrole nitrogens is 1. The van der Waals surface area contributed by atoms with Gasteiger partial charge in [-0.15, -0.1) is 0 Å². The Labute approximate surface area is 153 Å². The Morgan fingerprint density at radius 1 is 1.35 bits per heavy atom. The molecule has 0 saturated carbocycles. The maximum absolute atomic E-state index is 12.6. The average molecular weight is 355 g/mol. The van der Waals surface area contributed by atoms with E-state index in [2.05, 4.69) is 26.1 Å².